The van der Waals surface area contributed by atoms with Crippen molar-refractivity contribution >= 4 is 6.21 Å². The first kappa shape index (κ1) is 9.38. The predicted octanol–water partition coefficient (Wildman–Crippen LogP) is 1.60. The number of hydrogen-bond acceptors (Lipinski definition) is 4. The number of rotatable bonds is 3. The summed E-state index contributed by atoms with van der Waals surface area (Å²) in [5.41, 5.74) is 0.670. The number of nitrogens with zero attached hydrogens (tertiary/aromatic N) is 1. The molecular formula is C9H11NO3. The molecule has 4 heteroatoms. The zero-order valence-electron chi connectivity index (χ0n) is 7.27. The Labute approximate surface area is 76.1 Å². The van der Waals surface area contributed by atoms with Crippen molar-refractivity contribution in [2.75, 3.05) is 6.61 Å². The number of aromatic hydroxyl groups is 1. The van der Waals surface area contributed by atoms with Gasteiger partial charge in [0.1, 0.15) is 0 Å². The second kappa shape index (κ2) is 4.35. The van der Waals surface area contributed by atoms with Crippen LogP contribution in [-0.2, 0) is 0 Å². The maximum Gasteiger partial charge on any atom is 0.161 e. The maximum absolute atomic E-state index is 9.30. The van der Waals surface area contributed by atoms with Gasteiger partial charge in [-0.25, -0.2) is 0 Å². The Hall–Kier alpha value is -1.71. The van der Waals surface area contributed by atoms with E-state index in [2.05, 4.69) is 5.16 Å². The fraction of sp³-hybridized carbons (Fsp3) is 0.222. The van der Waals surface area contributed by atoms with Crippen LogP contribution in [0.1, 0.15) is 12.5 Å². The molecule has 0 spiro atoms. The van der Waals surface area contributed by atoms with E-state index in [1.165, 1.54) is 12.3 Å². The standard InChI is InChI=1S/C9H11NO3/c1-2-13-9-5-7(6-10-12)3-4-8(9)11/h3-6,11-12H,2H2,1H3. The number of phenolic OH excluding ortho intramolecular Hbond substituents is 1. The van der Waals surface area contributed by atoms with E-state index in [0.717, 1.165) is 0 Å². The molecule has 4 nitrogen and oxygen atoms in total. The van der Waals surface area contributed by atoms with Gasteiger partial charge in [-0.05, 0) is 25.1 Å². The lowest BCUT2D eigenvalue weighted by Gasteiger charge is -2.05. The van der Waals surface area contributed by atoms with Crippen molar-refractivity contribution in [1.82, 2.24) is 0 Å². The first-order valence-corrected chi connectivity index (χ1v) is 3.91. The molecule has 70 valence electrons. The summed E-state index contributed by atoms with van der Waals surface area (Å²) >= 11 is 0. The van der Waals surface area contributed by atoms with Crippen LogP contribution in [0.15, 0.2) is 23.4 Å². The van der Waals surface area contributed by atoms with Gasteiger partial charge in [0.15, 0.2) is 11.5 Å². The third kappa shape index (κ3) is 2.37. The van der Waals surface area contributed by atoms with E-state index in [9.17, 15) is 5.11 Å². The van der Waals surface area contributed by atoms with Gasteiger partial charge in [0.05, 0.1) is 12.8 Å². The van der Waals surface area contributed by atoms with Gasteiger partial charge in [-0.2, -0.15) is 0 Å². The third-order valence-electron chi connectivity index (χ3n) is 1.49. The zero-order valence-corrected chi connectivity index (χ0v) is 7.27. The van der Waals surface area contributed by atoms with Crippen LogP contribution in [0.5, 0.6) is 11.5 Å². The Balaban J connectivity index is 2.96. The van der Waals surface area contributed by atoms with Crippen LogP contribution in [0.2, 0.25) is 0 Å². The highest BCUT2D eigenvalue weighted by Crippen LogP contribution is 2.25. The minimum Gasteiger partial charge on any atom is -0.504 e. The Kier molecular flexibility index (Phi) is 3.14. The van der Waals surface area contributed by atoms with Crippen molar-refractivity contribution < 1.29 is 15.1 Å². The van der Waals surface area contributed by atoms with Crippen LogP contribution in [0, 0.1) is 0 Å². The topological polar surface area (TPSA) is 62.0 Å². The largest absolute Gasteiger partial charge is 0.504 e. The van der Waals surface area contributed by atoms with Crippen molar-refractivity contribution in [2.45, 2.75) is 6.92 Å². The molecule has 0 heterocycles. The number of phenols is 1. The van der Waals surface area contributed by atoms with E-state index in [4.69, 9.17) is 9.94 Å². The van der Waals surface area contributed by atoms with Gasteiger partial charge in [0.2, 0.25) is 0 Å². The first-order chi connectivity index (χ1) is 6.27. The Bertz CT molecular complexity index is 310. The molecular weight excluding hydrogens is 170 g/mol. The van der Waals surface area contributed by atoms with E-state index < -0.39 is 0 Å². The van der Waals surface area contributed by atoms with E-state index >= 15 is 0 Å². The molecule has 1 aromatic carbocycles. The predicted molar refractivity (Wildman–Crippen MR) is 48.7 cm³/mol. The molecule has 0 saturated carbocycles. The quantitative estimate of drug-likeness (QED) is 0.423. The Morgan fingerprint density at radius 3 is 2.92 bits per heavy atom. The summed E-state index contributed by atoms with van der Waals surface area (Å²) in [6.45, 7) is 2.31. The highest BCUT2D eigenvalue weighted by Gasteiger charge is 2.01. The molecule has 1 rings (SSSR count). The molecule has 2 N–H and O–H groups in total. The number of ether oxygens (including phenoxy) is 1. The van der Waals surface area contributed by atoms with Gasteiger partial charge in [-0.1, -0.05) is 5.16 Å². The van der Waals surface area contributed by atoms with Crippen LogP contribution in [0.25, 0.3) is 0 Å². The van der Waals surface area contributed by atoms with Crippen molar-refractivity contribution in [3.63, 3.8) is 0 Å². The van der Waals surface area contributed by atoms with Crippen LogP contribution >= 0.6 is 0 Å². The van der Waals surface area contributed by atoms with Gasteiger partial charge in [-0.15, -0.1) is 0 Å². The molecule has 0 atom stereocenters. The molecule has 0 aliphatic rings. The summed E-state index contributed by atoms with van der Waals surface area (Å²) in [5.74, 6) is 0.469. The van der Waals surface area contributed by atoms with Crippen molar-refractivity contribution in [1.29, 1.82) is 0 Å². The van der Waals surface area contributed by atoms with Gasteiger partial charge in [-0.3, -0.25) is 0 Å². The molecule has 0 amide bonds. The fourth-order valence-electron chi connectivity index (χ4n) is 0.949. The Morgan fingerprint density at radius 1 is 1.54 bits per heavy atom. The van der Waals surface area contributed by atoms with Gasteiger partial charge in [0, 0.05) is 5.56 Å². The van der Waals surface area contributed by atoms with Crippen LogP contribution in [0.3, 0.4) is 0 Å². The summed E-state index contributed by atoms with van der Waals surface area (Å²) in [5, 5.41) is 20.5. The smallest absolute Gasteiger partial charge is 0.161 e. The summed E-state index contributed by atoms with van der Waals surface area (Å²) in [4.78, 5) is 0. The lowest BCUT2D eigenvalue weighted by atomic mass is 10.2. The van der Waals surface area contributed by atoms with Gasteiger partial charge in [0.25, 0.3) is 0 Å². The number of hydrogen-bond donors (Lipinski definition) is 2. The van der Waals surface area contributed by atoms with Crippen LogP contribution < -0.4 is 4.74 Å². The minimum atomic E-state index is 0.0805. The highest BCUT2D eigenvalue weighted by molar-refractivity contribution is 5.80. The van der Waals surface area contributed by atoms with E-state index in [1.807, 2.05) is 6.92 Å². The average Bonchev–Trinajstić information content (AvgIpc) is 2.12. The fourth-order valence-corrected chi connectivity index (χ4v) is 0.949. The normalized spacial score (nSPS) is 10.5. The van der Waals surface area contributed by atoms with E-state index in [0.29, 0.717) is 17.9 Å². The first-order valence-electron chi connectivity index (χ1n) is 3.91. The van der Waals surface area contributed by atoms with Crippen LogP contribution in [-0.4, -0.2) is 23.1 Å². The molecule has 13 heavy (non-hydrogen) atoms. The van der Waals surface area contributed by atoms with E-state index in [1.54, 1.807) is 12.1 Å². The Morgan fingerprint density at radius 2 is 2.31 bits per heavy atom. The second-order valence-electron chi connectivity index (χ2n) is 2.40. The molecule has 0 unspecified atom stereocenters. The van der Waals surface area contributed by atoms with Crippen molar-refractivity contribution in [3.05, 3.63) is 23.8 Å². The lowest BCUT2D eigenvalue weighted by molar-refractivity contribution is 0.317. The zero-order chi connectivity index (χ0) is 9.68. The molecule has 0 fully saturated rings. The number of oxime groups is 1. The summed E-state index contributed by atoms with van der Waals surface area (Å²) in [7, 11) is 0. The maximum atomic E-state index is 9.30. The van der Waals surface area contributed by atoms with Gasteiger partial charge >= 0.3 is 0 Å². The van der Waals surface area contributed by atoms with Crippen molar-refractivity contribution in [3.8, 4) is 11.5 Å². The molecule has 0 aliphatic heterocycles. The molecule has 0 radical (unpaired) electrons. The number of benzene rings is 1. The lowest BCUT2D eigenvalue weighted by Crippen LogP contribution is -1.93. The van der Waals surface area contributed by atoms with Crippen molar-refractivity contribution in [2.24, 2.45) is 5.16 Å². The summed E-state index contributed by atoms with van der Waals surface area (Å²) in [6.07, 6.45) is 1.27. The minimum absolute atomic E-state index is 0.0805. The summed E-state index contributed by atoms with van der Waals surface area (Å²) < 4.78 is 5.13. The second-order valence-corrected chi connectivity index (χ2v) is 2.40. The summed E-state index contributed by atoms with van der Waals surface area (Å²) in [6, 6.07) is 4.71. The average molecular weight is 181 g/mol. The molecule has 1 aromatic rings. The SMILES string of the molecule is CCOc1cc(C=NO)ccc1O. The van der Waals surface area contributed by atoms with Crippen LogP contribution in [0.4, 0.5) is 0 Å². The highest BCUT2D eigenvalue weighted by atomic mass is 16.5. The molecule has 0 bridgehead atoms. The molecule has 0 aromatic heterocycles. The third-order valence-corrected chi connectivity index (χ3v) is 1.49. The molecule has 0 aliphatic carbocycles. The monoisotopic (exact) mass is 181 g/mol. The molecule has 0 saturated heterocycles. The van der Waals surface area contributed by atoms with Gasteiger partial charge < -0.3 is 15.1 Å². The van der Waals surface area contributed by atoms with E-state index in [-0.39, 0.29) is 5.75 Å².